The topological polar surface area (TPSA) is 41.4 Å². The van der Waals surface area contributed by atoms with Gasteiger partial charge in [0.05, 0.1) is 17.8 Å². The summed E-state index contributed by atoms with van der Waals surface area (Å²) in [7, 11) is 0. The SMILES string of the molecule is Cc1cccc(CN2CCN(C(=O)c3c(C)nn(Cc4ccccc4)c3Cl)CC2)c1. The Kier molecular flexibility index (Phi) is 6.21. The molecule has 0 bridgehead atoms. The van der Waals surface area contributed by atoms with Crippen LogP contribution in [0.5, 0.6) is 0 Å². The van der Waals surface area contributed by atoms with E-state index in [0.29, 0.717) is 36.0 Å². The number of carbonyl (C=O) groups excluding carboxylic acids is 1. The number of carbonyl (C=O) groups is 1. The lowest BCUT2D eigenvalue weighted by Crippen LogP contribution is -2.48. The molecule has 0 unspecified atom stereocenters. The monoisotopic (exact) mass is 422 g/mol. The second kappa shape index (κ2) is 9.02. The first kappa shape index (κ1) is 20.6. The van der Waals surface area contributed by atoms with Gasteiger partial charge in [-0.2, -0.15) is 5.10 Å². The van der Waals surface area contributed by atoms with Crippen molar-refractivity contribution in [1.29, 1.82) is 0 Å². The van der Waals surface area contributed by atoms with Gasteiger partial charge in [-0.25, -0.2) is 4.68 Å². The number of amides is 1. The second-order valence-electron chi connectivity index (χ2n) is 7.95. The molecule has 6 heteroatoms. The van der Waals surface area contributed by atoms with Gasteiger partial charge < -0.3 is 4.90 Å². The molecule has 1 saturated heterocycles. The number of rotatable bonds is 5. The average molecular weight is 423 g/mol. The maximum absolute atomic E-state index is 13.2. The molecule has 1 amide bonds. The lowest BCUT2D eigenvalue weighted by molar-refractivity contribution is 0.0628. The third kappa shape index (κ3) is 4.58. The minimum Gasteiger partial charge on any atom is -0.336 e. The van der Waals surface area contributed by atoms with Crippen LogP contribution in [0.4, 0.5) is 0 Å². The number of aryl methyl sites for hydroxylation is 2. The Morgan fingerprint density at radius 1 is 0.933 bits per heavy atom. The van der Waals surface area contributed by atoms with Crippen LogP contribution in [-0.2, 0) is 13.1 Å². The summed E-state index contributed by atoms with van der Waals surface area (Å²) < 4.78 is 1.72. The lowest BCUT2D eigenvalue weighted by atomic mass is 10.1. The molecule has 1 fully saturated rings. The van der Waals surface area contributed by atoms with Crippen LogP contribution in [0.25, 0.3) is 0 Å². The first-order chi connectivity index (χ1) is 14.5. The zero-order valence-electron chi connectivity index (χ0n) is 17.5. The van der Waals surface area contributed by atoms with Gasteiger partial charge in [-0.1, -0.05) is 71.8 Å². The molecule has 0 N–H and O–H groups in total. The highest BCUT2D eigenvalue weighted by molar-refractivity contribution is 6.33. The molecule has 2 aromatic carbocycles. The van der Waals surface area contributed by atoms with Gasteiger partial charge in [0.1, 0.15) is 5.15 Å². The predicted octanol–water partition coefficient (Wildman–Crippen LogP) is 4.16. The molecule has 0 aliphatic carbocycles. The van der Waals surface area contributed by atoms with Gasteiger partial charge in [0.25, 0.3) is 5.91 Å². The first-order valence-electron chi connectivity index (χ1n) is 10.4. The maximum atomic E-state index is 13.2. The summed E-state index contributed by atoms with van der Waals surface area (Å²) in [5.74, 6) is -0.0213. The molecule has 4 rings (SSSR count). The summed E-state index contributed by atoms with van der Waals surface area (Å²) in [6.07, 6.45) is 0. The predicted molar refractivity (Wildman–Crippen MR) is 120 cm³/mol. The molecule has 30 heavy (non-hydrogen) atoms. The van der Waals surface area contributed by atoms with Gasteiger partial charge in [0.15, 0.2) is 0 Å². The summed E-state index contributed by atoms with van der Waals surface area (Å²) in [5.41, 5.74) is 4.91. The molecule has 0 radical (unpaired) electrons. The van der Waals surface area contributed by atoms with Crippen molar-refractivity contribution in [2.75, 3.05) is 26.2 Å². The quantitative estimate of drug-likeness (QED) is 0.620. The van der Waals surface area contributed by atoms with Crippen molar-refractivity contribution < 1.29 is 4.79 Å². The largest absolute Gasteiger partial charge is 0.336 e. The highest BCUT2D eigenvalue weighted by Gasteiger charge is 2.27. The van der Waals surface area contributed by atoms with Crippen LogP contribution in [0.2, 0.25) is 5.15 Å². The summed E-state index contributed by atoms with van der Waals surface area (Å²) in [5, 5.41) is 4.95. The van der Waals surface area contributed by atoms with Gasteiger partial charge in [0, 0.05) is 32.7 Å². The van der Waals surface area contributed by atoms with Crippen LogP contribution in [0.1, 0.15) is 32.7 Å². The number of halogens is 1. The number of aromatic nitrogens is 2. The number of hydrogen-bond acceptors (Lipinski definition) is 3. The van der Waals surface area contributed by atoms with Crippen LogP contribution < -0.4 is 0 Å². The standard InChI is InChI=1S/C24H27ClN4O/c1-18-7-6-10-21(15-18)16-27-11-13-28(14-12-27)24(30)22-19(2)26-29(23(22)25)17-20-8-4-3-5-9-20/h3-10,15H,11-14,16-17H2,1-2H3. The number of piperazine rings is 1. The molecular weight excluding hydrogens is 396 g/mol. The summed E-state index contributed by atoms with van der Waals surface area (Å²) in [6, 6.07) is 18.6. The molecule has 156 valence electrons. The van der Waals surface area contributed by atoms with Gasteiger partial charge >= 0.3 is 0 Å². The Balaban J connectivity index is 1.40. The van der Waals surface area contributed by atoms with Crippen molar-refractivity contribution in [3.8, 4) is 0 Å². The van der Waals surface area contributed by atoms with Crippen molar-refractivity contribution in [1.82, 2.24) is 19.6 Å². The lowest BCUT2D eigenvalue weighted by Gasteiger charge is -2.34. The summed E-state index contributed by atoms with van der Waals surface area (Å²) in [6.45, 7) is 8.55. The Hall–Kier alpha value is -2.63. The Morgan fingerprint density at radius 2 is 1.63 bits per heavy atom. The van der Waals surface area contributed by atoms with E-state index in [1.165, 1.54) is 11.1 Å². The fraction of sp³-hybridized carbons (Fsp3) is 0.333. The minimum absolute atomic E-state index is 0.0213. The molecule has 1 aliphatic heterocycles. The van der Waals surface area contributed by atoms with Crippen LogP contribution >= 0.6 is 11.6 Å². The van der Waals surface area contributed by atoms with E-state index in [2.05, 4.69) is 41.2 Å². The van der Waals surface area contributed by atoms with E-state index in [1.807, 2.05) is 42.2 Å². The van der Waals surface area contributed by atoms with Crippen molar-refractivity contribution in [2.24, 2.45) is 0 Å². The van der Waals surface area contributed by atoms with Gasteiger partial charge in [-0.05, 0) is 25.0 Å². The average Bonchev–Trinajstić information content (AvgIpc) is 3.02. The van der Waals surface area contributed by atoms with Crippen LogP contribution in [0.3, 0.4) is 0 Å². The highest BCUT2D eigenvalue weighted by Crippen LogP contribution is 2.23. The number of hydrogen-bond donors (Lipinski definition) is 0. The molecule has 3 aromatic rings. The maximum Gasteiger partial charge on any atom is 0.258 e. The van der Waals surface area contributed by atoms with E-state index in [9.17, 15) is 4.79 Å². The Morgan fingerprint density at radius 3 is 2.33 bits per heavy atom. The fourth-order valence-electron chi connectivity index (χ4n) is 3.99. The van der Waals surface area contributed by atoms with E-state index in [4.69, 9.17) is 11.6 Å². The normalized spacial score (nSPS) is 14.8. The molecule has 5 nitrogen and oxygen atoms in total. The highest BCUT2D eigenvalue weighted by atomic mass is 35.5. The smallest absolute Gasteiger partial charge is 0.258 e. The second-order valence-corrected chi connectivity index (χ2v) is 8.31. The zero-order chi connectivity index (χ0) is 21.1. The van der Waals surface area contributed by atoms with Crippen LogP contribution in [0.15, 0.2) is 54.6 Å². The van der Waals surface area contributed by atoms with Crippen molar-refractivity contribution in [3.63, 3.8) is 0 Å². The minimum atomic E-state index is -0.0213. The third-order valence-electron chi connectivity index (χ3n) is 5.60. The molecule has 2 heterocycles. The van der Waals surface area contributed by atoms with Gasteiger partial charge in [-0.15, -0.1) is 0 Å². The van der Waals surface area contributed by atoms with E-state index in [-0.39, 0.29) is 5.91 Å². The van der Waals surface area contributed by atoms with E-state index >= 15 is 0 Å². The van der Waals surface area contributed by atoms with Crippen molar-refractivity contribution in [3.05, 3.63) is 87.7 Å². The molecule has 1 aliphatic rings. The molecule has 0 atom stereocenters. The van der Waals surface area contributed by atoms with E-state index in [1.54, 1.807) is 4.68 Å². The molecule has 0 saturated carbocycles. The Labute approximate surface area is 182 Å². The van der Waals surface area contributed by atoms with Crippen molar-refractivity contribution >= 4 is 17.5 Å². The first-order valence-corrected chi connectivity index (χ1v) is 10.7. The van der Waals surface area contributed by atoms with Crippen LogP contribution in [-0.4, -0.2) is 51.7 Å². The zero-order valence-corrected chi connectivity index (χ0v) is 18.3. The number of benzene rings is 2. The summed E-state index contributed by atoms with van der Waals surface area (Å²) in [4.78, 5) is 17.5. The Bertz CT molecular complexity index is 1020. The number of nitrogens with zero attached hydrogens (tertiary/aromatic N) is 4. The van der Waals surface area contributed by atoms with E-state index in [0.717, 1.165) is 25.2 Å². The van der Waals surface area contributed by atoms with Gasteiger partial charge in [0.2, 0.25) is 0 Å². The summed E-state index contributed by atoms with van der Waals surface area (Å²) >= 11 is 6.59. The molecule has 1 aromatic heterocycles. The van der Waals surface area contributed by atoms with Crippen molar-refractivity contribution in [2.45, 2.75) is 26.9 Å². The molecular formula is C24H27ClN4O. The van der Waals surface area contributed by atoms with Crippen LogP contribution in [0, 0.1) is 13.8 Å². The molecule has 0 spiro atoms. The fourth-order valence-corrected chi connectivity index (χ4v) is 4.31. The van der Waals surface area contributed by atoms with Gasteiger partial charge in [-0.3, -0.25) is 9.69 Å². The van der Waals surface area contributed by atoms with E-state index < -0.39 is 0 Å². The third-order valence-corrected chi connectivity index (χ3v) is 5.99.